The van der Waals surface area contributed by atoms with E-state index in [-0.39, 0.29) is 10.6 Å². The molecule has 0 atom stereocenters. The minimum atomic E-state index is -3.56. The zero-order valence-corrected chi connectivity index (χ0v) is 12.3. The zero-order chi connectivity index (χ0) is 14.8. The van der Waals surface area contributed by atoms with Gasteiger partial charge in [0.2, 0.25) is 0 Å². The van der Waals surface area contributed by atoms with Gasteiger partial charge in [0.15, 0.2) is 9.84 Å². The second-order valence-corrected chi connectivity index (χ2v) is 6.21. The molecule has 0 amide bonds. The van der Waals surface area contributed by atoms with Gasteiger partial charge in [-0.3, -0.25) is 4.68 Å². The minimum absolute atomic E-state index is 0.102. The highest BCUT2D eigenvalue weighted by molar-refractivity contribution is 7.90. The van der Waals surface area contributed by atoms with Crippen LogP contribution in [0.5, 0.6) is 11.5 Å². The Morgan fingerprint density at radius 2 is 1.95 bits per heavy atom. The molecule has 2 rings (SSSR count). The molecule has 1 aromatic carbocycles. The van der Waals surface area contributed by atoms with Crippen LogP contribution in [0.1, 0.15) is 5.69 Å². The van der Waals surface area contributed by atoms with Gasteiger partial charge in [0.1, 0.15) is 16.4 Å². The summed E-state index contributed by atoms with van der Waals surface area (Å²) in [6, 6.07) is 6.35. The number of rotatable bonds is 5. The Hall–Kier alpha value is -2.02. The van der Waals surface area contributed by atoms with Crippen molar-refractivity contribution >= 4 is 9.84 Å². The third-order valence-electron chi connectivity index (χ3n) is 2.81. The van der Waals surface area contributed by atoms with Crippen LogP contribution in [0.4, 0.5) is 0 Å². The molecule has 7 heteroatoms. The van der Waals surface area contributed by atoms with Gasteiger partial charge in [-0.25, -0.2) is 8.42 Å². The van der Waals surface area contributed by atoms with Crippen LogP contribution in [0.2, 0.25) is 0 Å². The van der Waals surface area contributed by atoms with Crippen LogP contribution >= 0.6 is 0 Å². The fraction of sp³-hybridized carbons (Fsp3) is 0.308. The van der Waals surface area contributed by atoms with E-state index in [9.17, 15) is 8.42 Å². The predicted octanol–water partition coefficient (Wildman–Crippen LogP) is 1.41. The summed E-state index contributed by atoms with van der Waals surface area (Å²) in [4.78, 5) is 0.102. The smallest absolute Gasteiger partial charge is 0.187 e. The molecule has 0 aliphatic rings. The Bertz CT molecular complexity index is 707. The van der Waals surface area contributed by atoms with Crippen LogP contribution in [0.15, 0.2) is 35.4 Å². The van der Waals surface area contributed by atoms with Crippen LogP contribution in [0.3, 0.4) is 0 Å². The lowest BCUT2D eigenvalue weighted by Crippen LogP contribution is -2.08. The van der Waals surface area contributed by atoms with Gasteiger partial charge in [-0.2, -0.15) is 5.10 Å². The molecule has 20 heavy (non-hydrogen) atoms. The number of methoxy groups -OCH3 is 2. The summed E-state index contributed by atoms with van der Waals surface area (Å²) in [5.74, 6) is 0.573. The highest BCUT2D eigenvalue weighted by Crippen LogP contribution is 2.30. The fourth-order valence-electron chi connectivity index (χ4n) is 1.84. The first kappa shape index (κ1) is 14.4. The van der Waals surface area contributed by atoms with E-state index in [1.165, 1.54) is 20.3 Å². The van der Waals surface area contributed by atoms with Crippen LogP contribution in [-0.4, -0.2) is 32.4 Å². The number of hydrogen-bond donors (Lipinski definition) is 0. The highest BCUT2D eigenvalue weighted by atomic mass is 32.2. The second kappa shape index (κ2) is 5.54. The van der Waals surface area contributed by atoms with Gasteiger partial charge in [0.25, 0.3) is 0 Å². The molecule has 0 fully saturated rings. The number of aryl methyl sites for hydroxylation is 1. The molecule has 0 bridgehead atoms. The van der Waals surface area contributed by atoms with E-state index in [1.807, 2.05) is 0 Å². The molecule has 108 valence electrons. The molecule has 2 aromatic rings. The molecule has 0 saturated heterocycles. The van der Waals surface area contributed by atoms with Crippen molar-refractivity contribution in [2.45, 2.75) is 10.6 Å². The summed E-state index contributed by atoms with van der Waals surface area (Å²) in [6.45, 7) is 0. The molecule has 0 radical (unpaired) electrons. The number of ether oxygens (including phenoxy) is 2. The second-order valence-electron chi connectivity index (χ2n) is 4.26. The fourth-order valence-corrected chi connectivity index (χ4v) is 3.29. The van der Waals surface area contributed by atoms with E-state index in [2.05, 4.69) is 5.10 Å². The Morgan fingerprint density at radius 1 is 1.20 bits per heavy atom. The standard InChI is InChI=1S/C13H16N2O4S/c1-15-7-6-10(14-15)9-20(16,17)13-8-11(18-2)4-5-12(13)19-3/h4-8H,9H2,1-3H3. The van der Waals surface area contributed by atoms with Gasteiger partial charge < -0.3 is 9.47 Å². The molecule has 1 heterocycles. The molecule has 0 unspecified atom stereocenters. The number of hydrogen-bond acceptors (Lipinski definition) is 5. The summed E-state index contributed by atoms with van der Waals surface area (Å²) in [5, 5.41) is 4.08. The Morgan fingerprint density at radius 3 is 2.50 bits per heavy atom. The van der Waals surface area contributed by atoms with Crippen molar-refractivity contribution in [2.75, 3.05) is 14.2 Å². The third-order valence-corrected chi connectivity index (χ3v) is 4.48. The molecule has 0 spiro atoms. The van der Waals surface area contributed by atoms with Crippen molar-refractivity contribution in [3.05, 3.63) is 36.2 Å². The first-order chi connectivity index (χ1) is 9.46. The summed E-state index contributed by atoms with van der Waals surface area (Å²) < 4.78 is 36.7. The average Bonchev–Trinajstić information content (AvgIpc) is 2.82. The summed E-state index contributed by atoms with van der Waals surface area (Å²) >= 11 is 0. The van der Waals surface area contributed by atoms with Crippen LogP contribution in [0, 0.1) is 0 Å². The summed E-state index contributed by atoms with van der Waals surface area (Å²) in [5.41, 5.74) is 0.484. The maximum Gasteiger partial charge on any atom is 0.187 e. The van der Waals surface area contributed by atoms with Gasteiger partial charge in [0, 0.05) is 19.3 Å². The molecular formula is C13H16N2O4S. The molecule has 0 aliphatic carbocycles. The van der Waals surface area contributed by atoms with Gasteiger partial charge in [-0.05, 0) is 18.2 Å². The molecular weight excluding hydrogens is 280 g/mol. The number of sulfone groups is 1. The zero-order valence-electron chi connectivity index (χ0n) is 11.5. The quantitative estimate of drug-likeness (QED) is 0.834. The molecule has 0 saturated carbocycles. The molecule has 1 aromatic heterocycles. The maximum absolute atomic E-state index is 12.5. The first-order valence-corrected chi connectivity index (χ1v) is 7.55. The number of benzene rings is 1. The Kier molecular flexibility index (Phi) is 3.99. The van der Waals surface area contributed by atoms with E-state index in [0.29, 0.717) is 17.2 Å². The van der Waals surface area contributed by atoms with E-state index < -0.39 is 9.84 Å². The lowest BCUT2D eigenvalue weighted by Gasteiger charge is -2.10. The summed E-state index contributed by atoms with van der Waals surface area (Å²) in [7, 11) is 1.10. The van der Waals surface area contributed by atoms with Crippen molar-refractivity contribution in [1.29, 1.82) is 0 Å². The molecule has 6 nitrogen and oxygen atoms in total. The van der Waals surface area contributed by atoms with Crippen molar-refractivity contribution in [3.63, 3.8) is 0 Å². The normalized spacial score (nSPS) is 11.3. The predicted molar refractivity (Wildman–Crippen MR) is 73.6 cm³/mol. The monoisotopic (exact) mass is 296 g/mol. The van der Waals surface area contributed by atoms with Crippen molar-refractivity contribution in [1.82, 2.24) is 9.78 Å². The first-order valence-electron chi connectivity index (χ1n) is 5.89. The van der Waals surface area contributed by atoms with E-state index in [1.54, 1.807) is 36.1 Å². The topological polar surface area (TPSA) is 70.4 Å². The Labute approximate surface area is 117 Å². The van der Waals surface area contributed by atoms with Gasteiger partial charge >= 0.3 is 0 Å². The van der Waals surface area contributed by atoms with Gasteiger partial charge in [0.05, 0.1) is 25.7 Å². The lowest BCUT2D eigenvalue weighted by atomic mass is 10.3. The Balaban J connectivity index is 2.42. The van der Waals surface area contributed by atoms with Crippen LogP contribution < -0.4 is 9.47 Å². The van der Waals surface area contributed by atoms with E-state index in [4.69, 9.17) is 9.47 Å². The maximum atomic E-state index is 12.5. The minimum Gasteiger partial charge on any atom is -0.497 e. The van der Waals surface area contributed by atoms with E-state index >= 15 is 0 Å². The summed E-state index contributed by atoms with van der Waals surface area (Å²) in [6.07, 6.45) is 1.70. The third kappa shape index (κ3) is 2.93. The van der Waals surface area contributed by atoms with Crippen LogP contribution in [-0.2, 0) is 22.6 Å². The van der Waals surface area contributed by atoms with E-state index in [0.717, 1.165) is 0 Å². The average molecular weight is 296 g/mol. The highest BCUT2D eigenvalue weighted by Gasteiger charge is 2.22. The SMILES string of the molecule is COc1ccc(OC)c(S(=O)(=O)Cc2ccn(C)n2)c1. The molecule has 0 N–H and O–H groups in total. The van der Waals surface area contributed by atoms with Gasteiger partial charge in [-0.1, -0.05) is 0 Å². The van der Waals surface area contributed by atoms with Crippen molar-refractivity contribution in [2.24, 2.45) is 7.05 Å². The van der Waals surface area contributed by atoms with Crippen LogP contribution in [0.25, 0.3) is 0 Å². The number of aromatic nitrogens is 2. The van der Waals surface area contributed by atoms with Gasteiger partial charge in [-0.15, -0.1) is 0 Å². The van der Waals surface area contributed by atoms with Crippen molar-refractivity contribution < 1.29 is 17.9 Å². The lowest BCUT2D eigenvalue weighted by molar-refractivity contribution is 0.392. The number of nitrogens with zero attached hydrogens (tertiary/aromatic N) is 2. The van der Waals surface area contributed by atoms with Crippen molar-refractivity contribution in [3.8, 4) is 11.5 Å². The largest absolute Gasteiger partial charge is 0.497 e. The molecule has 0 aliphatic heterocycles.